The van der Waals surface area contributed by atoms with Crippen LogP contribution in [0.25, 0.3) is 33.2 Å². The van der Waals surface area contributed by atoms with Crippen LogP contribution in [0.3, 0.4) is 0 Å². The molecule has 0 aliphatic heterocycles. The number of hydrogen-bond acceptors (Lipinski definition) is 4. The van der Waals surface area contributed by atoms with Gasteiger partial charge in [0, 0.05) is 24.5 Å². The monoisotopic (exact) mass is 718 g/mol. The van der Waals surface area contributed by atoms with Crippen LogP contribution in [0, 0.1) is 30.9 Å². The van der Waals surface area contributed by atoms with Crippen LogP contribution < -0.4 is 15.9 Å². The van der Waals surface area contributed by atoms with E-state index in [1.807, 2.05) is 0 Å². The van der Waals surface area contributed by atoms with Crippen LogP contribution in [0.15, 0.2) is 62.5 Å². The van der Waals surface area contributed by atoms with Gasteiger partial charge in [0.05, 0.1) is 27.3 Å². The van der Waals surface area contributed by atoms with Crippen molar-refractivity contribution in [2.45, 2.75) is 19.3 Å². The number of ether oxygens (including phenoxy) is 1. The van der Waals surface area contributed by atoms with Crippen molar-refractivity contribution >= 4 is 34.2 Å². The molecule has 0 radical (unpaired) electrons. The number of aryl methyl sites for hydroxylation is 1. The van der Waals surface area contributed by atoms with Gasteiger partial charge in [0.1, 0.15) is 46.7 Å². The first kappa shape index (κ1) is 36.1. The van der Waals surface area contributed by atoms with Crippen molar-refractivity contribution in [3.8, 4) is 40.3 Å². The van der Waals surface area contributed by atoms with Gasteiger partial charge in [0.25, 0.3) is 11.1 Å². The fraction of sp³-hybridized carbons (Fsp3) is 0.188. The third-order valence-corrected chi connectivity index (χ3v) is 7.42. The number of pyridine rings is 2. The Morgan fingerprint density at radius 1 is 0.812 bits per heavy atom. The zero-order valence-electron chi connectivity index (χ0n) is 24.7. The number of rotatable bonds is 4. The second kappa shape index (κ2) is 13.4. The SMILES string of the molecule is C#CCOc1cc(Cl)cc(F)c1-c1ccc(C(F)(F)F)n(C)c1=O.Cc1cc2c(Cl)cc(F)c(-c3ccc(C(F)(F)F)n(C)c3=O)c2o1. The summed E-state index contributed by atoms with van der Waals surface area (Å²) in [5, 5.41) is 0.464. The van der Waals surface area contributed by atoms with Crippen molar-refractivity contribution in [1.29, 1.82) is 0 Å². The van der Waals surface area contributed by atoms with E-state index >= 15 is 0 Å². The van der Waals surface area contributed by atoms with Crippen LogP contribution in [0.5, 0.6) is 5.75 Å². The topological polar surface area (TPSA) is 66.4 Å². The molecule has 0 saturated heterocycles. The largest absolute Gasteiger partial charge is 0.480 e. The molecule has 0 saturated carbocycles. The number of benzene rings is 2. The Labute approximate surface area is 275 Å². The van der Waals surface area contributed by atoms with E-state index in [0.29, 0.717) is 26.3 Å². The second-order valence-corrected chi connectivity index (χ2v) is 10.9. The maximum absolute atomic E-state index is 14.4. The first-order chi connectivity index (χ1) is 22.3. The van der Waals surface area contributed by atoms with Gasteiger partial charge in [-0.25, -0.2) is 8.78 Å². The fourth-order valence-electron chi connectivity index (χ4n) is 4.76. The normalized spacial score (nSPS) is 11.7. The highest BCUT2D eigenvalue weighted by molar-refractivity contribution is 6.35. The lowest BCUT2D eigenvalue weighted by Gasteiger charge is -2.15. The number of terminal acetylenes is 1. The molecule has 0 fully saturated rings. The maximum atomic E-state index is 14.4. The minimum atomic E-state index is -4.71. The first-order valence-corrected chi connectivity index (χ1v) is 14.0. The molecule has 5 aromatic rings. The summed E-state index contributed by atoms with van der Waals surface area (Å²) in [6.07, 6.45) is -4.34. The maximum Gasteiger partial charge on any atom is 0.431 e. The molecule has 5 rings (SSSR count). The van der Waals surface area contributed by atoms with E-state index in [1.165, 1.54) is 6.07 Å². The lowest BCUT2D eigenvalue weighted by molar-refractivity contribution is -0.144. The molecule has 0 unspecified atom stereocenters. The fourth-order valence-corrected chi connectivity index (χ4v) is 5.19. The number of fused-ring (bicyclic) bond motifs is 1. The number of furan rings is 1. The van der Waals surface area contributed by atoms with Crippen molar-refractivity contribution < 1.29 is 44.3 Å². The van der Waals surface area contributed by atoms with Gasteiger partial charge in [0.2, 0.25) is 0 Å². The molecule has 3 heterocycles. The molecule has 0 bridgehead atoms. The highest BCUT2D eigenvalue weighted by Gasteiger charge is 2.35. The van der Waals surface area contributed by atoms with Gasteiger partial charge in [-0.15, -0.1) is 6.42 Å². The molecule has 6 nitrogen and oxygen atoms in total. The summed E-state index contributed by atoms with van der Waals surface area (Å²) < 4.78 is 117. The minimum absolute atomic E-state index is 0.00740. The molecular formula is C32H20Cl2F8N2O4. The summed E-state index contributed by atoms with van der Waals surface area (Å²) in [5.41, 5.74) is -5.33. The predicted molar refractivity (Wildman–Crippen MR) is 163 cm³/mol. The van der Waals surface area contributed by atoms with Gasteiger partial charge in [0.15, 0.2) is 0 Å². The van der Waals surface area contributed by atoms with E-state index < -0.39 is 46.5 Å². The Kier molecular flexibility index (Phi) is 10.1. The average molecular weight is 719 g/mol. The summed E-state index contributed by atoms with van der Waals surface area (Å²) in [4.78, 5) is 24.6. The molecule has 0 N–H and O–H groups in total. The van der Waals surface area contributed by atoms with E-state index in [4.69, 9.17) is 38.8 Å². The third-order valence-electron chi connectivity index (χ3n) is 6.89. The lowest BCUT2D eigenvalue weighted by Crippen LogP contribution is -2.26. The quantitative estimate of drug-likeness (QED) is 0.138. The summed E-state index contributed by atoms with van der Waals surface area (Å²) in [7, 11) is 1.93. The Bertz CT molecular complexity index is 2210. The van der Waals surface area contributed by atoms with Gasteiger partial charge < -0.3 is 18.3 Å². The Hall–Kier alpha value is -4.74. The average Bonchev–Trinajstić information content (AvgIpc) is 3.36. The van der Waals surface area contributed by atoms with Crippen LogP contribution in [-0.2, 0) is 26.4 Å². The molecule has 0 aliphatic carbocycles. The van der Waals surface area contributed by atoms with Crippen molar-refractivity contribution in [3.63, 3.8) is 0 Å². The first-order valence-electron chi connectivity index (χ1n) is 13.3. The molecule has 2 aromatic carbocycles. The smallest absolute Gasteiger partial charge is 0.431 e. The van der Waals surface area contributed by atoms with Crippen LogP contribution in [0.2, 0.25) is 10.0 Å². The highest BCUT2D eigenvalue weighted by Crippen LogP contribution is 2.38. The summed E-state index contributed by atoms with van der Waals surface area (Å²) in [5.74, 6) is 0.713. The number of hydrogen-bond donors (Lipinski definition) is 0. The number of aromatic nitrogens is 2. The van der Waals surface area contributed by atoms with Crippen LogP contribution in [-0.4, -0.2) is 15.7 Å². The van der Waals surface area contributed by atoms with Gasteiger partial charge in [-0.05, 0) is 55.5 Å². The molecule has 252 valence electrons. The second-order valence-electron chi connectivity index (χ2n) is 10.1. The lowest BCUT2D eigenvalue weighted by atomic mass is 10.0. The van der Waals surface area contributed by atoms with Crippen molar-refractivity contribution in [3.05, 3.63) is 108 Å². The van der Waals surface area contributed by atoms with E-state index in [2.05, 4.69) is 5.92 Å². The summed E-state index contributed by atoms with van der Waals surface area (Å²) in [6.45, 7) is 1.39. The molecule has 3 aromatic heterocycles. The zero-order chi connectivity index (χ0) is 35.9. The van der Waals surface area contributed by atoms with E-state index in [1.54, 1.807) is 13.0 Å². The molecule has 0 atom stereocenters. The van der Waals surface area contributed by atoms with Crippen molar-refractivity contribution in [2.24, 2.45) is 14.1 Å². The third kappa shape index (κ3) is 7.07. The molecule has 48 heavy (non-hydrogen) atoms. The molecule has 16 heteroatoms. The van der Waals surface area contributed by atoms with E-state index in [0.717, 1.165) is 44.4 Å². The van der Waals surface area contributed by atoms with Crippen molar-refractivity contribution in [1.82, 2.24) is 9.13 Å². The number of halogens is 10. The molecule has 0 aliphatic rings. The van der Waals surface area contributed by atoms with Gasteiger partial charge in [-0.3, -0.25) is 9.59 Å². The van der Waals surface area contributed by atoms with Crippen LogP contribution in [0.4, 0.5) is 35.1 Å². The molecular weight excluding hydrogens is 699 g/mol. The molecule has 0 amide bonds. The summed E-state index contributed by atoms with van der Waals surface area (Å²) in [6, 6.07) is 7.97. The molecule has 0 spiro atoms. The summed E-state index contributed by atoms with van der Waals surface area (Å²) >= 11 is 11.7. The van der Waals surface area contributed by atoms with Gasteiger partial charge in [-0.1, -0.05) is 29.1 Å². The van der Waals surface area contributed by atoms with Crippen LogP contribution in [0.1, 0.15) is 17.1 Å². The van der Waals surface area contributed by atoms with E-state index in [9.17, 15) is 44.7 Å². The van der Waals surface area contributed by atoms with Crippen LogP contribution >= 0.6 is 23.2 Å². The Morgan fingerprint density at radius 2 is 1.31 bits per heavy atom. The Morgan fingerprint density at radius 3 is 1.81 bits per heavy atom. The van der Waals surface area contributed by atoms with E-state index in [-0.39, 0.29) is 50.2 Å². The number of nitrogens with zero attached hydrogens (tertiary/aromatic N) is 2. The minimum Gasteiger partial charge on any atom is -0.480 e. The Balaban J connectivity index is 0.000000217. The van der Waals surface area contributed by atoms with Crippen molar-refractivity contribution in [2.75, 3.05) is 6.61 Å². The van der Waals surface area contributed by atoms with Gasteiger partial charge in [-0.2, -0.15) is 26.3 Å². The predicted octanol–water partition coefficient (Wildman–Crippen LogP) is 8.79. The highest BCUT2D eigenvalue weighted by atomic mass is 35.5. The van der Waals surface area contributed by atoms with Gasteiger partial charge >= 0.3 is 12.4 Å². The number of alkyl halides is 6. The zero-order valence-corrected chi connectivity index (χ0v) is 26.2. The standard InChI is InChI=1S/2C16H10ClF4NO2/c1-7-5-9-10(17)6-11(18)13(14(9)24-7)8-3-4-12(16(19,20)21)22(2)15(8)23;1-3-6-24-12-8-9(17)7-11(18)14(12)10-4-5-13(16(19,20)21)22(2)15(10)23/h3-6H,1-2H3;1,4-5,7-8H,6H2,2H3.